The molecule has 1 aliphatic heterocycles. The third-order valence-corrected chi connectivity index (χ3v) is 3.61. The summed E-state index contributed by atoms with van der Waals surface area (Å²) in [7, 11) is 0. The van der Waals surface area contributed by atoms with Crippen LogP contribution in [0.3, 0.4) is 0 Å². The number of hydrogen-bond acceptors (Lipinski definition) is 3. The molecule has 1 aliphatic rings. The standard InChI is InChI=1S/C5H7NS2/c6-3-5-4-7-1-2-8-5/h5H,1-2,4H2. The molecule has 1 unspecified atom stereocenters. The normalized spacial score (nSPS) is 29.1. The monoisotopic (exact) mass is 145 g/mol. The third-order valence-electron chi connectivity index (χ3n) is 0.960. The van der Waals surface area contributed by atoms with Crippen molar-refractivity contribution in [2.45, 2.75) is 5.25 Å². The molecule has 0 spiro atoms. The summed E-state index contributed by atoms with van der Waals surface area (Å²) < 4.78 is 0. The SMILES string of the molecule is N#CC1CSCCS1. The second-order valence-corrected chi connectivity index (χ2v) is 4.02. The maximum atomic E-state index is 8.41. The molecule has 0 aliphatic carbocycles. The van der Waals surface area contributed by atoms with Crippen molar-refractivity contribution < 1.29 is 0 Å². The van der Waals surface area contributed by atoms with Gasteiger partial charge in [-0.15, -0.1) is 11.8 Å². The fraction of sp³-hybridized carbons (Fsp3) is 0.800. The second-order valence-electron chi connectivity index (χ2n) is 1.56. The van der Waals surface area contributed by atoms with Crippen LogP contribution in [0.15, 0.2) is 0 Å². The van der Waals surface area contributed by atoms with E-state index in [0.717, 1.165) is 11.5 Å². The highest BCUT2D eigenvalue weighted by molar-refractivity contribution is 8.06. The van der Waals surface area contributed by atoms with E-state index in [1.165, 1.54) is 5.75 Å². The zero-order chi connectivity index (χ0) is 5.82. The van der Waals surface area contributed by atoms with Crippen LogP contribution in [0, 0.1) is 11.3 Å². The smallest absolute Gasteiger partial charge is 0.101 e. The summed E-state index contributed by atoms with van der Waals surface area (Å²) >= 11 is 3.67. The van der Waals surface area contributed by atoms with Crippen molar-refractivity contribution in [3.8, 4) is 6.07 Å². The lowest BCUT2D eigenvalue weighted by molar-refractivity contribution is 1.23. The summed E-state index contributed by atoms with van der Waals surface area (Å²) in [6, 6.07) is 2.25. The van der Waals surface area contributed by atoms with Crippen molar-refractivity contribution in [3.63, 3.8) is 0 Å². The van der Waals surface area contributed by atoms with Crippen LogP contribution in [0.1, 0.15) is 0 Å². The Kier molecular flexibility index (Phi) is 2.57. The summed E-state index contributed by atoms with van der Waals surface area (Å²) in [5, 5.41) is 8.68. The highest BCUT2D eigenvalue weighted by Gasteiger charge is 2.11. The van der Waals surface area contributed by atoms with Gasteiger partial charge >= 0.3 is 0 Å². The van der Waals surface area contributed by atoms with E-state index < -0.39 is 0 Å². The Hall–Kier alpha value is 0.190. The largest absolute Gasteiger partial charge is 0.197 e. The molecule has 3 heteroatoms. The molecule has 8 heavy (non-hydrogen) atoms. The molecule has 1 nitrogen and oxygen atoms in total. The maximum absolute atomic E-state index is 8.41. The van der Waals surface area contributed by atoms with Crippen LogP contribution in [-0.4, -0.2) is 22.5 Å². The fourth-order valence-electron chi connectivity index (χ4n) is 0.562. The molecule has 1 fully saturated rings. The Bertz CT molecular complexity index is 101. The minimum atomic E-state index is 0.272. The zero-order valence-corrected chi connectivity index (χ0v) is 6.10. The molecule has 1 saturated heterocycles. The first kappa shape index (κ1) is 6.31. The Morgan fingerprint density at radius 3 is 2.75 bits per heavy atom. The van der Waals surface area contributed by atoms with E-state index in [-0.39, 0.29) is 5.25 Å². The molecular weight excluding hydrogens is 138 g/mol. The van der Waals surface area contributed by atoms with E-state index in [4.69, 9.17) is 5.26 Å². The van der Waals surface area contributed by atoms with Crippen LogP contribution in [0.25, 0.3) is 0 Å². The van der Waals surface area contributed by atoms with E-state index in [2.05, 4.69) is 6.07 Å². The van der Waals surface area contributed by atoms with Crippen LogP contribution in [0.4, 0.5) is 0 Å². The van der Waals surface area contributed by atoms with Crippen molar-refractivity contribution in [3.05, 3.63) is 0 Å². The molecule has 0 amide bonds. The number of nitriles is 1. The van der Waals surface area contributed by atoms with Gasteiger partial charge in [0.05, 0.1) is 6.07 Å². The molecule has 0 saturated carbocycles. The number of nitrogens with zero attached hydrogens (tertiary/aromatic N) is 1. The summed E-state index contributed by atoms with van der Waals surface area (Å²) in [5.41, 5.74) is 0. The molecule has 1 atom stereocenters. The molecular formula is C5H7NS2. The lowest BCUT2D eigenvalue weighted by Gasteiger charge is -2.12. The van der Waals surface area contributed by atoms with Crippen molar-refractivity contribution in [1.29, 1.82) is 5.26 Å². The average Bonchev–Trinajstić information content (AvgIpc) is 1.90. The molecule has 1 heterocycles. The Morgan fingerprint density at radius 1 is 1.50 bits per heavy atom. The third kappa shape index (κ3) is 1.61. The zero-order valence-electron chi connectivity index (χ0n) is 4.46. The first-order valence-corrected chi connectivity index (χ1v) is 4.73. The molecule has 0 radical (unpaired) electrons. The fourth-order valence-corrected chi connectivity index (χ4v) is 2.91. The van der Waals surface area contributed by atoms with E-state index in [1.54, 1.807) is 11.8 Å². The van der Waals surface area contributed by atoms with Gasteiger partial charge in [-0.25, -0.2) is 0 Å². The van der Waals surface area contributed by atoms with Gasteiger partial charge in [0.15, 0.2) is 0 Å². The predicted molar refractivity (Wildman–Crippen MR) is 39.2 cm³/mol. The van der Waals surface area contributed by atoms with Gasteiger partial charge in [-0.05, 0) is 0 Å². The molecule has 1 rings (SSSR count). The molecule has 0 aromatic heterocycles. The van der Waals surface area contributed by atoms with E-state index in [0.29, 0.717) is 0 Å². The van der Waals surface area contributed by atoms with Gasteiger partial charge < -0.3 is 0 Å². The van der Waals surface area contributed by atoms with E-state index >= 15 is 0 Å². The highest BCUT2D eigenvalue weighted by Crippen LogP contribution is 2.22. The highest BCUT2D eigenvalue weighted by atomic mass is 32.2. The van der Waals surface area contributed by atoms with Crippen LogP contribution >= 0.6 is 23.5 Å². The number of hydrogen-bond donors (Lipinski definition) is 0. The van der Waals surface area contributed by atoms with Gasteiger partial charge in [0.2, 0.25) is 0 Å². The van der Waals surface area contributed by atoms with Gasteiger partial charge in [-0.2, -0.15) is 17.0 Å². The minimum absolute atomic E-state index is 0.272. The first-order valence-electron chi connectivity index (χ1n) is 2.52. The molecule has 0 aromatic carbocycles. The van der Waals surface area contributed by atoms with Crippen LogP contribution in [0.5, 0.6) is 0 Å². The Labute approximate surface area is 57.8 Å². The van der Waals surface area contributed by atoms with Gasteiger partial charge in [0, 0.05) is 17.3 Å². The number of thioether (sulfide) groups is 2. The summed E-state index contributed by atoms with van der Waals surface area (Å²) in [6.45, 7) is 0. The second kappa shape index (κ2) is 3.26. The van der Waals surface area contributed by atoms with Crippen molar-refractivity contribution in [2.75, 3.05) is 17.3 Å². The molecule has 0 aromatic rings. The average molecular weight is 145 g/mol. The lowest BCUT2D eigenvalue weighted by Crippen LogP contribution is -2.10. The van der Waals surface area contributed by atoms with E-state index in [1.807, 2.05) is 11.8 Å². The molecule has 0 N–H and O–H groups in total. The van der Waals surface area contributed by atoms with Gasteiger partial charge in [-0.1, -0.05) is 0 Å². The van der Waals surface area contributed by atoms with Gasteiger partial charge in [0.25, 0.3) is 0 Å². The van der Waals surface area contributed by atoms with Crippen molar-refractivity contribution in [2.24, 2.45) is 0 Å². The molecule has 44 valence electrons. The summed E-state index contributed by atoms with van der Waals surface area (Å²) in [5.74, 6) is 3.41. The van der Waals surface area contributed by atoms with Gasteiger partial charge in [-0.3, -0.25) is 0 Å². The Balaban J connectivity index is 2.25. The lowest BCUT2D eigenvalue weighted by atomic mass is 10.5. The number of rotatable bonds is 0. The minimum Gasteiger partial charge on any atom is -0.197 e. The van der Waals surface area contributed by atoms with Crippen molar-refractivity contribution >= 4 is 23.5 Å². The van der Waals surface area contributed by atoms with E-state index in [9.17, 15) is 0 Å². The maximum Gasteiger partial charge on any atom is 0.101 e. The topological polar surface area (TPSA) is 23.8 Å². The van der Waals surface area contributed by atoms with Crippen LogP contribution < -0.4 is 0 Å². The Morgan fingerprint density at radius 2 is 2.38 bits per heavy atom. The molecule has 0 bridgehead atoms. The van der Waals surface area contributed by atoms with Gasteiger partial charge in [0.1, 0.15) is 5.25 Å². The van der Waals surface area contributed by atoms with Crippen molar-refractivity contribution in [1.82, 2.24) is 0 Å². The van der Waals surface area contributed by atoms with Crippen LogP contribution in [0.2, 0.25) is 0 Å². The first-order chi connectivity index (χ1) is 3.93. The summed E-state index contributed by atoms with van der Waals surface area (Å²) in [6.07, 6.45) is 0. The van der Waals surface area contributed by atoms with Crippen LogP contribution in [-0.2, 0) is 0 Å². The summed E-state index contributed by atoms with van der Waals surface area (Å²) in [4.78, 5) is 0. The quantitative estimate of drug-likeness (QED) is 0.514. The predicted octanol–water partition coefficient (Wildman–Crippen LogP) is 1.36.